The van der Waals surface area contributed by atoms with E-state index in [-0.39, 0.29) is 17.9 Å². The minimum atomic E-state index is -4.48. The molecule has 1 aromatic heterocycles. The van der Waals surface area contributed by atoms with Crippen molar-refractivity contribution in [2.24, 2.45) is 0 Å². The molecule has 1 aromatic carbocycles. The van der Waals surface area contributed by atoms with Crippen LogP contribution in [-0.2, 0) is 17.4 Å². The zero-order valence-electron chi connectivity index (χ0n) is 12.0. The molecule has 0 unspecified atom stereocenters. The summed E-state index contributed by atoms with van der Waals surface area (Å²) < 4.78 is 43.2. The molecule has 0 saturated heterocycles. The summed E-state index contributed by atoms with van der Waals surface area (Å²) in [7, 11) is 1.33. The minimum absolute atomic E-state index is 0.00502. The first-order valence-corrected chi connectivity index (χ1v) is 6.48. The summed E-state index contributed by atoms with van der Waals surface area (Å²) in [4.78, 5) is 14.9. The number of aryl methyl sites for hydroxylation is 1. The number of amides is 1. The Labute approximate surface area is 125 Å². The van der Waals surface area contributed by atoms with Gasteiger partial charge in [0.25, 0.3) is 0 Å². The Morgan fingerprint density at radius 2 is 2.05 bits per heavy atom. The van der Waals surface area contributed by atoms with E-state index < -0.39 is 17.6 Å². The van der Waals surface area contributed by atoms with Crippen molar-refractivity contribution in [3.05, 3.63) is 47.3 Å². The van der Waals surface area contributed by atoms with E-state index in [4.69, 9.17) is 4.74 Å². The SMILES string of the molecule is COc1ccc(C(F)(F)F)cc1NC(=O)Cc1c[nH]c(C)c1. The average molecular weight is 312 g/mol. The molecule has 2 rings (SSSR count). The van der Waals surface area contributed by atoms with E-state index in [1.807, 2.05) is 6.92 Å². The Morgan fingerprint density at radius 1 is 1.32 bits per heavy atom. The van der Waals surface area contributed by atoms with Crippen LogP contribution in [0, 0.1) is 6.92 Å². The third kappa shape index (κ3) is 3.81. The quantitative estimate of drug-likeness (QED) is 0.907. The van der Waals surface area contributed by atoms with Gasteiger partial charge in [-0.05, 0) is 36.8 Å². The predicted molar refractivity (Wildman–Crippen MR) is 75.9 cm³/mol. The lowest BCUT2D eigenvalue weighted by Crippen LogP contribution is -2.15. The molecule has 7 heteroatoms. The van der Waals surface area contributed by atoms with Crippen molar-refractivity contribution in [3.63, 3.8) is 0 Å². The van der Waals surface area contributed by atoms with Gasteiger partial charge in [-0.25, -0.2) is 0 Å². The summed E-state index contributed by atoms with van der Waals surface area (Å²) in [6, 6.07) is 4.74. The molecule has 2 N–H and O–H groups in total. The lowest BCUT2D eigenvalue weighted by Gasteiger charge is -2.13. The Balaban J connectivity index is 2.18. The fourth-order valence-corrected chi connectivity index (χ4v) is 2.03. The predicted octanol–water partition coefficient (Wildman–Crippen LogP) is 3.53. The Kier molecular flexibility index (Phi) is 4.44. The van der Waals surface area contributed by atoms with Gasteiger partial charge in [-0.1, -0.05) is 0 Å². The zero-order valence-corrected chi connectivity index (χ0v) is 12.0. The van der Waals surface area contributed by atoms with Gasteiger partial charge in [-0.3, -0.25) is 4.79 Å². The molecule has 0 bridgehead atoms. The minimum Gasteiger partial charge on any atom is -0.495 e. The molecule has 0 aliphatic heterocycles. The molecule has 0 spiro atoms. The highest BCUT2D eigenvalue weighted by molar-refractivity contribution is 5.93. The van der Waals surface area contributed by atoms with Gasteiger partial charge < -0.3 is 15.0 Å². The number of nitrogens with one attached hydrogen (secondary N) is 2. The van der Waals surface area contributed by atoms with E-state index in [0.717, 1.165) is 23.4 Å². The van der Waals surface area contributed by atoms with E-state index in [1.54, 1.807) is 12.3 Å². The van der Waals surface area contributed by atoms with Gasteiger partial charge in [0.2, 0.25) is 5.91 Å². The van der Waals surface area contributed by atoms with Gasteiger partial charge in [0.1, 0.15) is 5.75 Å². The summed E-state index contributed by atoms with van der Waals surface area (Å²) in [6.45, 7) is 1.84. The van der Waals surface area contributed by atoms with E-state index in [1.165, 1.54) is 13.2 Å². The van der Waals surface area contributed by atoms with Crippen LogP contribution in [-0.4, -0.2) is 18.0 Å². The average Bonchev–Trinajstić information content (AvgIpc) is 2.82. The van der Waals surface area contributed by atoms with Crippen LogP contribution >= 0.6 is 0 Å². The highest BCUT2D eigenvalue weighted by Gasteiger charge is 2.31. The van der Waals surface area contributed by atoms with Gasteiger partial charge in [-0.15, -0.1) is 0 Å². The van der Waals surface area contributed by atoms with Crippen molar-refractivity contribution in [3.8, 4) is 5.75 Å². The Morgan fingerprint density at radius 3 is 2.59 bits per heavy atom. The van der Waals surface area contributed by atoms with E-state index in [0.29, 0.717) is 0 Å². The number of aromatic nitrogens is 1. The second-order valence-corrected chi connectivity index (χ2v) is 4.83. The molecule has 2 aromatic rings. The van der Waals surface area contributed by atoms with Crippen LogP contribution < -0.4 is 10.1 Å². The molecule has 22 heavy (non-hydrogen) atoms. The smallest absolute Gasteiger partial charge is 0.416 e. The first-order valence-electron chi connectivity index (χ1n) is 6.48. The van der Waals surface area contributed by atoms with E-state index >= 15 is 0 Å². The van der Waals surface area contributed by atoms with Crippen molar-refractivity contribution in [1.29, 1.82) is 0 Å². The number of benzene rings is 1. The maximum atomic E-state index is 12.7. The van der Waals surface area contributed by atoms with E-state index in [9.17, 15) is 18.0 Å². The highest BCUT2D eigenvalue weighted by Crippen LogP contribution is 2.34. The summed E-state index contributed by atoms with van der Waals surface area (Å²) in [5.74, 6) is -0.247. The molecule has 4 nitrogen and oxygen atoms in total. The van der Waals surface area contributed by atoms with Gasteiger partial charge in [0.15, 0.2) is 0 Å². The Bertz CT molecular complexity index is 678. The first kappa shape index (κ1) is 15.9. The third-order valence-corrected chi connectivity index (χ3v) is 3.05. The van der Waals surface area contributed by atoms with Gasteiger partial charge >= 0.3 is 6.18 Å². The topological polar surface area (TPSA) is 54.1 Å². The molecule has 1 heterocycles. The molecule has 0 saturated carbocycles. The number of hydrogen-bond donors (Lipinski definition) is 2. The first-order chi connectivity index (χ1) is 10.3. The van der Waals surface area contributed by atoms with Crippen LogP contribution in [0.5, 0.6) is 5.75 Å². The van der Waals surface area contributed by atoms with Gasteiger partial charge in [0, 0.05) is 11.9 Å². The number of alkyl halides is 3. The Hall–Kier alpha value is -2.44. The van der Waals surface area contributed by atoms with Crippen molar-refractivity contribution >= 4 is 11.6 Å². The van der Waals surface area contributed by atoms with Gasteiger partial charge in [-0.2, -0.15) is 13.2 Å². The van der Waals surface area contributed by atoms with Crippen LogP contribution in [0.3, 0.4) is 0 Å². The van der Waals surface area contributed by atoms with Crippen molar-refractivity contribution < 1.29 is 22.7 Å². The lowest BCUT2D eigenvalue weighted by atomic mass is 10.1. The number of aromatic amines is 1. The molecular formula is C15H15F3N2O2. The van der Waals surface area contributed by atoms with Crippen molar-refractivity contribution in [2.75, 3.05) is 12.4 Å². The second-order valence-electron chi connectivity index (χ2n) is 4.83. The van der Waals surface area contributed by atoms with Gasteiger partial charge in [0.05, 0.1) is 24.8 Å². The number of carbonyl (C=O) groups is 1. The highest BCUT2D eigenvalue weighted by atomic mass is 19.4. The third-order valence-electron chi connectivity index (χ3n) is 3.05. The molecule has 0 aliphatic rings. The van der Waals surface area contributed by atoms with Crippen LogP contribution in [0.25, 0.3) is 0 Å². The maximum Gasteiger partial charge on any atom is 0.416 e. The van der Waals surface area contributed by atoms with Crippen LogP contribution in [0.1, 0.15) is 16.8 Å². The molecule has 0 atom stereocenters. The summed E-state index contributed by atoms with van der Waals surface area (Å²) in [5.41, 5.74) is 0.802. The largest absolute Gasteiger partial charge is 0.495 e. The number of H-pyrrole nitrogens is 1. The summed E-state index contributed by atoms with van der Waals surface area (Å²) in [6.07, 6.45) is -2.74. The molecule has 1 amide bonds. The number of methoxy groups -OCH3 is 1. The van der Waals surface area contributed by atoms with Crippen LogP contribution in [0.15, 0.2) is 30.5 Å². The standard InChI is InChI=1S/C15H15F3N2O2/c1-9-5-10(8-19-9)6-14(21)20-12-7-11(15(16,17)18)3-4-13(12)22-2/h3-5,7-8,19H,6H2,1-2H3,(H,20,21). The fourth-order valence-electron chi connectivity index (χ4n) is 2.03. The van der Waals surface area contributed by atoms with Crippen LogP contribution in [0.2, 0.25) is 0 Å². The number of anilines is 1. The second kappa shape index (κ2) is 6.13. The van der Waals surface area contributed by atoms with Crippen LogP contribution in [0.4, 0.5) is 18.9 Å². The fraction of sp³-hybridized carbons (Fsp3) is 0.267. The summed E-state index contributed by atoms with van der Waals surface area (Å²) >= 11 is 0. The number of carbonyl (C=O) groups excluding carboxylic acids is 1. The zero-order chi connectivity index (χ0) is 16.3. The maximum absolute atomic E-state index is 12.7. The van der Waals surface area contributed by atoms with Crippen molar-refractivity contribution in [2.45, 2.75) is 19.5 Å². The normalized spacial score (nSPS) is 11.3. The molecule has 118 valence electrons. The number of halogens is 3. The molecule has 0 fully saturated rings. The number of hydrogen-bond acceptors (Lipinski definition) is 2. The van der Waals surface area contributed by atoms with Crippen molar-refractivity contribution in [1.82, 2.24) is 4.98 Å². The monoisotopic (exact) mass is 312 g/mol. The number of rotatable bonds is 4. The number of ether oxygens (including phenoxy) is 1. The molecule has 0 aliphatic carbocycles. The molecular weight excluding hydrogens is 297 g/mol. The lowest BCUT2D eigenvalue weighted by molar-refractivity contribution is -0.137. The van der Waals surface area contributed by atoms with E-state index in [2.05, 4.69) is 10.3 Å². The molecule has 0 radical (unpaired) electrons. The summed E-state index contributed by atoms with van der Waals surface area (Å²) in [5, 5.41) is 2.45.